The second kappa shape index (κ2) is 4.91. The fourth-order valence-electron chi connectivity index (χ4n) is 1.49. The van der Waals surface area contributed by atoms with Gasteiger partial charge in [-0.15, -0.1) is 0 Å². The van der Waals surface area contributed by atoms with Crippen LogP contribution in [0.2, 0.25) is 0 Å². The van der Waals surface area contributed by atoms with Gasteiger partial charge in [0.25, 0.3) is 0 Å². The van der Waals surface area contributed by atoms with Gasteiger partial charge >= 0.3 is 0 Å². The minimum absolute atomic E-state index is 0.0524. The van der Waals surface area contributed by atoms with Crippen molar-refractivity contribution in [1.29, 1.82) is 0 Å². The molecule has 0 unspecified atom stereocenters. The van der Waals surface area contributed by atoms with Crippen LogP contribution in [0.15, 0.2) is 11.6 Å². The lowest BCUT2D eigenvalue weighted by molar-refractivity contribution is 0.294. The average molecular weight is 219 g/mol. The SMILES string of the molecule is CC1=CCCN(S(=O)(=O)CCCO)C1. The summed E-state index contributed by atoms with van der Waals surface area (Å²) in [4.78, 5) is 0. The van der Waals surface area contributed by atoms with Crippen molar-refractivity contribution in [2.24, 2.45) is 0 Å². The average Bonchev–Trinajstić information content (AvgIpc) is 2.15. The summed E-state index contributed by atoms with van der Waals surface area (Å²) in [5, 5.41) is 8.59. The molecule has 0 amide bonds. The van der Waals surface area contributed by atoms with E-state index in [4.69, 9.17) is 5.11 Å². The molecule has 0 aliphatic carbocycles. The molecule has 0 radical (unpaired) electrons. The van der Waals surface area contributed by atoms with Crippen LogP contribution in [-0.2, 0) is 10.0 Å². The molecule has 14 heavy (non-hydrogen) atoms. The van der Waals surface area contributed by atoms with Crippen molar-refractivity contribution in [2.75, 3.05) is 25.4 Å². The summed E-state index contributed by atoms with van der Waals surface area (Å²) in [6, 6.07) is 0. The molecular formula is C9H17NO3S. The Balaban J connectivity index is 2.60. The van der Waals surface area contributed by atoms with E-state index in [1.807, 2.05) is 6.92 Å². The van der Waals surface area contributed by atoms with Gasteiger partial charge in [-0.25, -0.2) is 8.42 Å². The minimum Gasteiger partial charge on any atom is -0.396 e. The summed E-state index contributed by atoms with van der Waals surface area (Å²) < 4.78 is 24.9. The normalized spacial score (nSPS) is 19.4. The van der Waals surface area contributed by atoms with Gasteiger partial charge in [0.2, 0.25) is 10.0 Å². The van der Waals surface area contributed by atoms with Crippen molar-refractivity contribution in [1.82, 2.24) is 4.31 Å². The molecule has 0 fully saturated rings. The Hall–Kier alpha value is -0.390. The maximum atomic E-state index is 11.7. The molecular weight excluding hydrogens is 202 g/mol. The first kappa shape index (κ1) is 11.7. The van der Waals surface area contributed by atoms with E-state index < -0.39 is 10.0 Å². The van der Waals surface area contributed by atoms with Gasteiger partial charge in [0.1, 0.15) is 0 Å². The van der Waals surface area contributed by atoms with Crippen molar-refractivity contribution in [2.45, 2.75) is 19.8 Å². The second-order valence-electron chi connectivity index (χ2n) is 3.57. The van der Waals surface area contributed by atoms with Gasteiger partial charge in [-0.1, -0.05) is 11.6 Å². The van der Waals surface area contributed by atoms with Crippen molar-refractivity contribution >= 4 is 10.0 Å². The lowest BCUT2D eigenvalue weighted by Crippen LogP contribution is -2.37. The van der Waals surface area contributed by atoms with Crippen LogP contribution in [0, 0.1) is 0 Å². The van der Waals surface area contributed by atoms with E-state index in [2.05, 4.69) is 6.08 Å². The highest BCUT2D eigenvalue weighted by Gasteiger charge is 2.22. The minimum atomic E-state index is -3.15. The fourth-order valence-corrected chi connectivity index (χ4v) is 3.03. The Bertz CT molecular complexity index is 308. The molecule has 1 N–H and O–H groups in total. The molecule has 0 aromatic heterocycles. The molecule has 0 aromatic rings. The smallest absolute Gasteiger partial charge is 0.214 e. The summed E-state index contributed by atoms with van der Waals surface area (Å²) in [5.41, 5.74) is 1.10. The Labute approximate surface area is 85.3 Å². The molecule has 1 rings (SSSR count). The van der Waals surface area contributed by atoms with Crippen LogP contribution in [-0.4, -0.2) is 43.3 Å². The molecule has 1 heterocycles. The zero-order valence-corrected chi connectivity index (χ0v) is 9.26. The van der Waals surface area contributed by atoms with Crippen molar-refractivity contribution in [3.05, 3.63) is 11.6 Å². The second-order valence-corrected chi connectivity index (χ2v) is 5.65. The zero-order valence-electron chi connectivity index (χ0n) is 8.44. The highest BCUT2D eigenvalue weighted by Crippen LogP contribution is 2.13. The van der Waals surface area contributed by atoms with Gasteiger partial charge in [-0.05, 0) is 19.8 Å². The highest BCUT2D eigenvalue weighted by molar-refractivity contribution is 7.89. The topological polar surface area (TPSA) is 57.6 Å². The highest BCUT2D eigenvalue weighted by atomic mass is 32.2. The van der Waals surface area contributed by atoms with Crippen LogP contribution < -0.4 is 0 Å². The van der Waals surface area contributed by atoms with Crippen LogP contribution in [0.3, 0.4) is 0 Å². The van der Waals surface area contributed by atoms with Crippen LogP contribution >= 0.6 is 0 Å². The Morgan fingerprint density at radius 1 is 1.57 bits per heavy atom. The lowest BCUT2D eigenvalue weighted by Gasteiger charge is -2.25. The molecule has 1 aliphatic rings. The van der Waals surface area contributed by atoms with Crippen molar-refractivity contribution < 1.29 is 13.5 Å². The number of sulfonamides is 1. The van der Waals surface area contributed by atoms with Gasteiger partial charge in [0.05, 0.1) is 5.75 Å². The number of nitrogens with zero attached hydrogens (tertiary/aromatic N) is 1. The standard InChI is InChI=1S/C9H17NO3S/c1-9-4-2-5-10(8-9)14(12,13)7-3-6-11/h4,11H,2-3,5-8H2,1H3. The Kier molecular flexibility index (Phi) is 4.10. The molecule has 82 valence electrons. The molecule has 0 atom stereocenters. The van der Waals surface area contributed by atoms with Gasteiger partial charge in [-0.2, -0.15) is 4.31 Å². The predicted molar refractivity (Wildman–Crippen MR) is 55.4 cm³/mol. The fraction of sp³-hybridized carbons (Fsp3) is 0.778. The molecule has 0 spiro atoms. The molecule has 0 aromatic carbocycles. The molecule has 0 saturated carbocycles. The van der Waals surface area contributed by atoms with E-state index >= 15 is 0 Å². The zero-order chi connectivity index (χ0) is 10.6. The molecule has 1 aliphatic heterocycles. The predicted octanol–water partition coefficient (Wildman–Crippen LogP) is 0.351. The lowest BCUT2D eigenvalue weighted by atomic mass is 10.2. The van der Waals surface area contributed by atoms with Crippen LogP contribution in [0.5, 0.6) is 0 Å². The summed E-state index contributed by atoms with van der Waals surface area (Å²) in [6.45, 7) is 2.95. The van der Waals surface area contributed by atoms with Crippen molar-refractivity contribution in [3.8, 4) is 0 Å². The third-order valence-electron chi connectivity index (χ3n) is 2.25. The third-order valence-corrected chi connectivity index (χ3v) is 4.15. The molecule has 4 nitrogen and oxygen atoms in total. The molecule has 5 heteroatoms. The Morgan fingerprint density at radius 3 is 2.86 bits per heavy atom. The summed E-state index contributed by atoms with van der Waals surface area (Å²) in [5.74, 6) is 0.0524. The maximum Gasteiger partial charge on any atom is 0.214 e. The first-order valence-corrected chi connectivity index (χ1v) is 6.41. The largest absolute Gasteiger partial charge is 0.396 e. The maximum absolute atomic E-state index is 11.7. The first-order chi connectivity index (χ1) is 6.56. The van der Waals surface area contributed by atoms with Crippen LogP contribution in [0.1, 0.15) is 19.8 Å². The number of rotatable bonds is 4. The van der Waals surface area contributed by atoms with Crippen LogP contribution in [0.25, 0.3) is 0 Å². The van der Waals surface area contributed by atoms with E-state index in [0.29, 0.717) is 19.5 Å². The summed E-state index contributed by atoms with van der Waals surface area (Å²) in [6.07, 6.45) is 3.18. The van der Waals surface area contributed by atoms with E-state index in [1.165, 1.54) is 4.31 Å². The van der Waals surface area contributed by atoms with Crippen LogP contribution in [0.4, 0.5) is 0 Å². The quantitative estimate of drug-likeness (QED) is 0.694. The molecule has 0 saturated heterocycles. The number of hydrogen-bond acceptors (Lipinski definition) is 3. The number of hydrogen-bond donors (Lipinski definition) is 1. The van der Waals surface area contributed by atoms with E-state index in [1.54, 1.807) is 0 Å². The summed E-state index contributed by atoms with van der Waals surface area (Å²) >= 11 is 0. The van der Waals surface area contributed by atoms with Gasteiger partial charge in [0.15, 0.2) is 0 Å². The molecule has 0 bridgehead atoms. The third kappa shape index (κ3) is 3.08. The monoisotopic (exact) mass is 219 g/mol. The summed E-state index contributed by atoms with van der Waals surface area (Å²) in [7, 11) is -3.15. The van der Waals surface area contributed by atoms with Gasteiger partial charge in [-0.3, -0.25) is 0 Å². The number of aliphatic hydroxyl groups is 1. The van der Waals surface area contributed by atoms with E-state index in [9.17, 15) is 8.42 Å². The first-order valence-electron chi connectivity index (χ1n) is 4.80. The van der Waals surface area contributed by atoms with E-state index in [0.717, 1.165) is 12.0 Å². The number of aliphatic hydroxyl groups excluding tert-OH is 1. The van der Waals surface area contributed by atoms with Gasteiger partial charge in [0, 0.05) is 19.7 Å². The van der Waals surface area contributed by atoms with E-state index in [-0.39, 0.29) is 12.4 Å². The Morgan fingerprint density at radius 2 is 2.29 bits per heavy atom. The van der Waals surface area contributed by atoms with Gasteiger partial charge < -0.3 is 5.11 Å². The van der Waals surface area contributed by atoms with Crippen molar-refractivity contribution in [3.63, 3.8) is 0 Å².